The summed E-state index contributed by atoms with van der Waals surface area (Å²) in [7, 11) is 1.78. The molecular weight excluding hydrogens is 743 g/mol. The number of rotatable bonds is 8. The van der Waals surface area contributed by atoms with Crippen molar-refractivity contribution in [3.63, 3.8) is 0 Å². The third-order valence-corrected chi connectivity index (χ3v) is 12.9. The van der Waals surface area contributed by atoms with Crippen LogP contribution in [0.5, 0.6) is 0 Å². The molecule has 2 aliphatic rings. The molecule has 2 aliphatic carbocycles. The van der Waals surface area contributed by atoms with Crippen molar-refractivity contribution < 1.29 is 9.15 Å². The minimum atomic E-state index is -0.115. The lowest BCUT2D eigenvalue weighted by atomic mass is 9.82. The lowest BCUT2D eigenvalue weighted by Gasteiger charge is -2.28. The van der Waals surface area contributed by atoms with Crippen LogP contribution in [-0.2, 0) is 10.2 Å². The van der Waals surface area contributed by atoms with Gasteiger partial charge in [-0.2, -0.15) is 0 Å². The Morgan fingerprint density at radius 3 is 1.90 bits per heavy atom. The predicted octanol–water partition coefficient (Wildman–Crippen LogP) is 16.1. The summed E-state index contributed by atoms with van der Waals surface area (Å²) in [5.74, 6) is 1.03. The van der Waals surface area contributed by atoms with Gasteiger partial charge in [0.05, 0.1) is 7.11 Å². The van der Waals surface area contributed by atoms with Gasteiger partial charge in [0.1, 0.15) is 16.9 Å². The Labute approximate surface area is 357 Å². The molecule has 8 aromatic carbocycles. The van der Waals surface area contributed by atoms with Crippen molar-refractivity contribution in [2.24, 2.45) is 0 Å². The second-order valence-electron chi connectivity index (χ2n) is 16.7. The minimum absolute atomic E-state index is 0.115. The van der Waals surface area contributed by atoms with Gasteiger partial charge in [-0.25, -0.2) is 0 Å². The molecule has 3 heteroatoms. The van der Waals surface area contributed by atoms with E-state index in [0.717, 1.165) is 91.0 Å². The first-order valence-electron chi connectivity index (χ1n) is 21.2. The highest BCUT2D eigenvalue weighted by atomic mass is 16.5. The molecular formula is C58H45NO2. The summed E-state index contributed by atoms with van der Waals surface area (Å²) in [5, 5.41) is 2.24. The maximum atomic E-state index is 6.26. The van der Waals surface area contributed by atoms with Gasteiger partial charge in [0.25, 0.3) is 0 Å². The van der Waals surface area contributed by atoms with Crippen LogP contribution in [0.4, 0.5) is 17.1 Å². The van der Waals surface area contributed by atoms with Crippen LogP contribution in [0.15, 0.2) is 204 Å². The molecule has 0 saturated carbocycles. The molecule has 0 spiro atoms. The molecule has 1 heterocycles. The van der Waals surface area contributed by atoms with E-state index in [2.05, 4.69) is 201 Å². The Morgan fingerprint density at radius 2 is 1.10 bits per heavy atom. The van der Waals surface area contributed by atoms with Gasteiger partial charge in [0.2, 0.25) is 0 Å². The highest BCUT2D eigenvalue weighted by molar-refractivity contribution is 6.07. The van der Waals surface area contributed by atoms with Gasteiger partial charge in [-0.05, 0) is 128 Å². The smallest absolute Gasteiger partial charge is 0.135 e. The predicted molar refractivity (Wildman–Crippen MR) is 255 cm³/mol. The molecule has 11 rings (SSSR count). The van der Waals surface area contributed by atoms with Gasteiger partial charge in [-0.15, -0.1) is 0 Å². The van der Waals surface area contributed by atoms with Crippen molar-refractivity contribution in [3.05, 3.63) is 217 Å². The molecule has 0 N–H and O–H groups in total. The van der Waals surface area contributed by atoms with Crippen LogP contribution in [0.2, 0.25) is 0 Å². The Kier molecular flexibility index (Phi) is 8.86. The van der Waals surface area contributed by atoms with E-state index in [1.54, 1.807) is 7.11 Å². The van der Waals surface area contributed by atoms with Crippen molar-refractivity contribution in [1.29, 1.82) is 0 Å². The number of para-hydroxylation sites is 1. The van der Waals surface area contributed by atoms with E-state index in [0.29, 0.717) is 0 Å². The van der Waals surface area contributed by atoms with Gasteiger partial charge in [-0.1, -0.05) is 147 Å². The normalized spacial score (nSPS) is 14.0. The number of methoxy groups -OCH3 is 1. The number of allylic oxidation sites excluding steroid dienone is 4. The minimum Gasteiger partial charge on any atom is -0.500 e. The molecule has 9 aromatic rings. The quantitative estimate of drug-likeness (QED) is 0.153. The van der Waals surface area contributed by atoms with Crippen molar-refractivity contribution in [1.82, 2.24) is 0 Å². The maximum absolute atomic E-state index is 6.26. The average Bonchev–Trinajstić information content (AvgIpc) is 3.80. The van der Waals surface area contributed by atoms with E-state index in [-0.39, 0.29) is 5.41 Å². The summed E-state index contributed by atoms with van der Waals surface area (Å²) in [4.78, 5) is 2.40. The van der Waals surface area contributed by atoms with Crippen LogP contribution in [-0.4, -0.2) is 7.11 Å². The van der Waals surface area contributed by atoms with Gasteiger partial charge < -0.3 is 14.1 Å². The van der Waals surface area contributed by atoms with E-state index in [1.807, 2.05) is 12.1 Å². The summed E-state index contributed by atoms with van der Waals surface area (Å²) in [5.41, 5.74) is 19.7. The molecule has 0 bridgehead atoms. The number of furan rings is 1. The van der Waals surface area contributed by atoms with Crippen molar-refractivity contribution in [2.45, 2.75) is 32.1 Å². The maximum Gasteiger partial charge on any atom is 0.135 e. The Morgan fingerprint density at radius 1 is 0.475 bits per heavy atom. The summed E-state index contributed by atoms with van der Waals surface area (Å²) in [6.45, 7) is 4.70. The van der Waals surface area contributed by atoms with Gasteiger partial charge in [-0.3, -0.25) is 0 Å². The van der Waals surface area contributed by atoms with E-state index in [9.17, 15) is 0 Å². The summed E-state index contributed by atoms with van der Waals surface area (Å²) in [6.07, 6.45) is 6.34. The molecule has 294 valence electrons. The van der Waals surface area contributed by atoms with E-state index in [1.165, 1.54) is 33.4 Å². The number of benzene rings is 8. The van der Waals surface area contributed by atoms with Crippen LogP contribution in [0.25, 0.3) is 72.0 Å². The second kappa shape index (κ2) is 14.7. The molecule has 0 atom stereocenters. The van der Waals surface area contributed by atoms with Gasteiger partial charge >= 0.3 is 0 Å². The monoisotopic (exact) mass is 787 g/mol. The molecule has 0 amide bonds. The first-order chi connectivity index (χ1) is 29.9. The molecule has 61 heavy (non-hydrogen) atoms. The number of ether oxygens (including phenoxy) is 1. The Bertz CT molecular complexity index is 3180. The van der Waals surface area contributed by atoms with Crippen molar-refractivity contribution >= 4 is 44.6 Å². The third kappa shape index (κ3) is 6.28. The van der Waals surface area contributed by atoms with E-state index in [4.69, 9.17) is 9.15 Å². The van der Waals surface area contributed by atoms with Crippen LogP contribution in [0.3, 0.4) is 0 Å². The average molecular weight is 788 g/mol. The van der Waals surface area contributed by atoms with Gasteiger partial charge in [0, 0.05) is 45.2 Å². The van der Waals surface area contributed by atoms with Crippen molar-refractivity contribution in [3.8, 4) is 44.5 Å². The Hall–Kier alpha value is -7.36. The number of nitrogens with zero attached hydrogens (tertiary/aromatic N) is 1. The molecule has 3 nitrogen and oxygen atoms in total. The largest absolute Gasteiger partial charge is 0.500 e. The van der Waals surface area contributed by atoms with Crippen LogP contribution < -0.4 is 4.90 Å². The number of fused-ring (bicyclic) bond motifs is 6. The number of hydrogen-bond donors (Lipinski definition) is 0. The summed E-state index contributed by atoms with van der Waals surface area (Å²) < 4.78 is 12.2. The zero-order valence-corrected chi connectivity index (χ0v) is 34.7. The van der Waals surface area contributed by atoms with Crippen molar-refractivity contribution in [2.75, 3.05) is 12.0 Å². The fourth-order valence-corrected chi connectivity index (χ4v) is 9.71. The molecule has 1 aromatic heterocycles. The molecule has 0 saturated heterocycles. The highest BCUT2D eigenvalue weighted by Gasteiger charge is 2.35. The lowest BCUT2D eigenvalue weighted by Crippen LogP contribution is -2.16. The van der Waals surface area contributed by atoms with E-state index < -0.39 is 0 Å². The topological polar surface area (TPSA) is 25.6 Å². The zero-order valence-electron chi connectivity index (χ0n) is 34.7. The fourth-order valence-electron chi connectivity index (χ4n) is 9.71. The third-order valence-electron chi connectivity index (χ3n) is 12.9. The van der Waals surface area contributed by atoms with E-state index >= 15 is 0 Å². The molecule has 0 unspecified atom stereocenters. The number of anilines is 3. The second-order valence-corrected chi connectivity index (χ2v) is 16.7. The Balaban J connectivity index is 1.04. The van der Waals surface area contributed by atoms with Crippen LogP contribution >= 0.6 is 0 Å². The SMILES string of the molecule is COC1=C(c2ccc(-c3ccc(N(c4ccc(-c5ccccc5)cc4)c4ccc5c(c4)C(C)(C)c4ccccc4-5)cc3)c(-c3ccc4oc5ccccc5c4c3)c2)C=CCC1. The lowest BCUT2D eigenvalue weighted by molar-refractivity contribution is 0.279. The summed E-state index contributed by atoms with van der Waals surface area (Å²) in [6, 6.07) is 66.3. The van der Waals surface area contributed by atoms with Crippen LogP contribution in [0.1, 0.15) is 43.4 Å². The highest BCUT2D eigenvalue weighted by Crippen LogP contribution is 2.51. The molecule has 0 aliphatic heterocycles. The number of hydrogen-bond acceptors (Lipinski definition) is 3. The standard InChI is InChI=1S/C58H45NO2/c1-58(2)53-18-10-7-16-48(53)49-33-31-45(37-54(49)58)59(43-27-21-39(22-28-43)38-13-5-4-6-14-38)44-29-23-40(24-30-44)46-32-25-41(47-15-8-11-19-55(47)60-3)35-51(46)42-26-34-57-52(36-42)50-17-9-12-20-56(50)61-57/h4-10,12-18,20-37H,11,19H2,1-3H3. The van der Waals surface area contributed by atoms with Gasteiger partial charge in [0.15, 0.2) is 0 Å². The first-order valence-corrected chi connectivity index (χ1v) is 21.2. The van der Waals surface area contributed by atoms with Crippen LogP contribution in [0, 0.1) is 0 Å². The summed E-state index contributed by atoms with van der Waals surface area (Å²) >= 11 is 0. The first kappa shape index (κ1) is 36.7. The molecule has 0 radical (unpaired) electrons. The fraction of sp³-hybridized carbons (Fsp3) is 0.103. The molecule has 0 fully saturated rings. The zero-order chi connectivity index (χ0) is 41.1.